The highest BCUT2D eigenvalue weighted by Gasteiger charge is 2.20. The van der Waals surface area contributed by atoms with Gasteiger partial charge < -0.3 is 28.9 Å². The van der Waals surface area contributed by atoms with Crippen LogP contribution in [0.4, 0.5) is 4.79 Å². The van der Waals surface area contributed by atoms with Crippen LogP contribution in [-0.2, 0) is 7.05 Å². The monoisotopic (exact) mass is 323 g/mol. The third-order valence-electron chi connectivity index (χ3n) is 2.54. The molecule has 0 N–H and O–H groups in total. The number of imidazole rings is 1. The standard InChI is InChI=1S/C10H18N3O.HI/c1-5-9(2)12(4)10(14)13-7-6-11(3)8-13;/h6-9H,5H2,1-4H3;1H/q+1;/p-1. The fraction of sp³-hybridized carbons (Fsp3) is 0.600. The fourth-order valence-electron chi connectivity index (χ4n) is 1.21. The van der Waals surface area contributed by atoms with E-state index in [1.807, 2.05) is 31.8 Å². The molecule has 0 fully saturated rings. The summed E-state index contributed by atoms with van der Waals surface area (Å²) < 4.78 is 3.44. The van der Waals surface area contributed by atoms with Crippen LogP contribution in [0.2, 0.25) is 0 Å². The van der Waals surface area contributed by atoms with Crippen molar-refractivity contribution in [2.24, 2.45) is 7.05 Å². The normalized spacial score (nSPS) is 11.7. The van der Waals surface area contributed by atoms with Gasteiger partial charge in [0, 0.05) is 13.1 Å². The summed E-state index contributed by atoms with van der Waals surface area (Å²) in [5, 5.41) is 0. The second kappa shape index (κ2) is 6.09. The van der Waals surface area contributed by atoms with Gasteiger partial charge in [0.25, 0.3) is 6.33 Å². The van der Waals surface area contributed by atoms with Crippen molar-refractivity contribution >= 4 is 6.03 Å². The highest BCUT2D eigenvalue weighted by molar-refractivity contribution is 5.76. The van der Waals surface area contributed by atoms with E-state index in [9.17, 15) is 4.79 Å². The van der Waals surface area contributed by atoms with Gasteiger partial charge in [0.2, 0.25) is 0 Å². The van der Waals surface area contributed by atoms with Crippen LogP contribution < -0.4 is 28.5 Å². The molecule has 5 heteroatoms. The van der Waals surface area contributed by atoms with Gasteiger partial charge in [0.05, 0.1) is 7.05 Å². The van der Waals surface area contributed by atoms with Gasteiger partial charge in [-0.05, 0) is 13.3 Å². The lowest BCUT2D eigenvalue weighted by atomic mass is 10.2. The van der Waals surface area contributed by atoms with Gasteiger partial charge in [0.1, 0.15) is 12.4 Å². The summed E-state index contributed by atoms with van der Waals surface area (Å²) in [5.74, 6) is 0. The van der Waals surface area contributed by atoms with Gasteiger partial charge in [-0.15, -0.1) is 0 Å². The lowest BCUT2D eigenvalue weighted by Crippen LogP contribution is -3.00. The van der Waals surface area contributed by atoms with Gasteiger partial charge in [0.15, 0.2) is 0 Å². The molecule has 1 rings (SSSR count). The van der Waals surface area contributed by atoms with Gasteiger partial charge in [-0.3, -0.25) is 0 Å². The summed E-state index contributed by atoms with van der Waals surface area (Å²) in [7, 11) is 3.73. The maximum atomic E-state index is 11.8. The van der Waals surface area contributed by atoms with E-state index in [0.29, 0.717) is 0 Å². The average molecular weight is 323 g/mol. The lowest BCUT2D eigenvalue weighted by molar-refractivity contribution is -0.670. The van der Waals surface area contributed by atoms with Gasteiger partial charge in [-0.25, -0.2) is 9.36 Å². The Morgan fingerprint density at radius 2 is 2.20 bits per heavy atom. The number of carbonyl (C=O) groups excluding carboxylic acids is 1. The number of amides is 1. The predicted octanol–water partition coefficient (Wildman–Crippen LogP) is -1.98. The molecule has 0 aliphatic rings. The van der Waals surface area contributed by atoms with Crippen LogP contribution in [0.25, 0.3) is 0 Å². The van der Waals surface area contributed by atoms with Crippen molar-refractivity contribution in [3.63, 3.8) is 0 Å². The number of rotatable bonds is 2. The number of hydrogen-bond acceptors (Lipinski definition) is 1. The molecule has 1 unspecified atom stereocenters. The van der Waals surface area contributed by atoms with E-state index in [-0.39, 0.29) is 36.0 Å². The third kappa shape index (κ3) is 3.48. The Labute approximate surface area is 108 Å². The Hall–Kier alpha value is -0.590. The molecule has 0 aromatic carbocycles. The molecule has 0 saturated heterocycles. The highest BCUT2D eigenvalue weighted by atomic mass is 127. The molecule has 1 amide bonds. The first-order valence-electron chi connectivity index (χ1n) is 4.86. The molecule has 0 bridgehead atoms. The molecule has 0 spiro atoms. The van der Waals surface area contributed by atoms with E-state index < -0.39 is 0 Å². The quantitative estimate of drug-likeness (QED) is 0.458. The maximum absolute atomic E-state index is 11.8. The molecule has 0 radical (unpaired) electrons. The topological polar surface area (TPSA) is 29.1 Å². The minimum Gasteiger partial charge on any atom is -1.00 e. The molecule has 1 atom stereocenters. The van der Waals surface area contributed by atoms with Crippen LogP contribution in [-0.4, -0.2) is 28.6 Å². The second-order valence-electron chi connectivity index (χ2n) is 3.64. The molecule has 86 valence electrons. The van der Waals surface area contributed by atoms with E-state index in [4.69, 9.17) is 0 Å². The second-order valence-corrected chi connectivity index (χ2v) is 3.64. The predicted molar refractivity (Wildman–Crippen MR) is 53.9 cm³/mol. The zero-order valence-corrected chi connectivity index (χ0v) is 11.8. The van der Waals surface area contributed by atoms with Gasteiger partial charge >= 0.3 is 6.03 Å². The first-order chi connectivity index (χ1) is 6.56. The van der Waals surface area contributed by atoms with Crippen LogP contribution in [0, 0.1) is 0 Å². The molecule has 4 nitrogen and oxygen atoms in total. The van der Waals surface area contributed by atoms with E-state index in [0.717, 1.165) is 6.42 Å². The van der Waals surface area contributed by atoms with Crippen molar-refractivity contribution in [2.75, 3.05) is 7.05 Å². The summed E-state index contributed by atoms with van der Waals surface area (Å²) >= 11 is 0. The zero-order chi connectivity index (χ0) is 10.7. The minimum atomic E-state index is 0. The molecule has 1 aromatic rings. The molecule has 15 heavy (non-hydrogen) atoms. The molecule has 1 aromatic heterocycles. The van der Waals surface area contributed by atoms with E-state index >= 15 is 0 Å². The number of halogens is 1. The Bertz CT molecular complexity index is 324. The van der Waals surface area contributed by atoms with Crippen molar-refractivity contribution in [3.05, 3.63) is 18.7 Å². The van der Waals surface area contributed by atoms with Crippen LogP contribution in [0.3, 0.4) is 0 Å². The molecular formula is C10H18IN3O. The SMILES string of the molecule is CCC(C)N(C)C(=O)n1cc[n+](C)c1.[I-]. The number of aromatic nitrogens is 2. The maximum Gasteiger partial charge on any atom is 0.415 e. The Balaban J connectivity index is 0.00000196. The van der Waals surface area contributed by atoms with Crippen molar-refractivity contribution in [1.82, 2.24) is 9.47 Å². The van der Waals surface area contributed by atoms with Crippen LogP contribution in [0.5, 0.6) is 0 Å². The molecule has 0 aliphatic carbocycles. The first-order valence-corrected chi connectivity index (χ1v) is 4.86. The Morgan fingerprint density at radius 1 is 1.60 bits per heavy atom. The largest absolute Gasteiger partial charge is 1.00 e. The fourth-order valence-corrected chi connectivity index (χ4v) is 1.21. The summed E-state index contributed by atoms with van der Waals surface area (Å²) in [6.45, 7) is 4.12. The number of hydrogen-bond donors (Lipinski definition) is 0. The van der Waals surface area contributed by atoms with Crippen LogP contribution >= 0.6 is 0 Å². The Morgan fingerprint density at radius 3 is 2.60 bits per heavy atom. The van der Waals surface area contributed by atoms with E-state index in [2.05, 4.69) is 6.92 Å². The Kier molecular flexibility index (Phi) is 5.85. The van der Waals surface area contributed by atoms with Crippen molar-refractivity contribution in [3.8, 4) is 0 Å². The summed E-state index contributed by atoms with van der Waals surface area (Å²) in [6, 6.07) is 0.287. The molecular weight excluding hydrogens is 305 g/mol. The van der Waals surface area contributed by atoms with E-state index in [1.54, 1.807) is 22.0 Å². The molecule has 1 heterocycles. The van der Waals surface area contributed by atoms with Crippen molar-refractivity contribution in [1.29, 1.82) is 0 Å². The molecule has 0 aliphatic heterocycles. The van der Waals surface area contributed by atoms with Gasteiger partial charge in [-0.1, -0.05) is 6.92 Å². The first kappa shape index (κ1) is 14.4. The summed E-state index contributed by atoms with van der Waals surface area (Å²) in [4.78, 5) is 13.6. The number of nitrogens with zero attached hydrogens (tertiary/aromatic N) is 3. The highest BCUT2D eigenvalue weighted by Crippen LogP contribution is 2.02. The van der Waals surface area contributed by atoms with Crippen molar-refractivity contribution < 1.29 is 33.3 Å². The average Bonchev–Trinajstić information content (AvgIpc) is 2.61. The molecule has 0 saturated carbocycles. The summed E-state index contributed by atoms with van der Waals surface area (Å²) in [6.07, 6.45) is 6.35. The number of carbonyl (C=O) groups is 1. The smallest absolute Gasteiger partial charge is 0.415 e. The zero-order valence-electron chi connectivity index (χ0n) is 9.64. The number of aryl methyl sites for hydroxylation is 1. The van der Waals surface area contributed by atoms with Crippen LogP contribution in [0.15, 0.2) is 18.7 Å². The van der Waals surface area contributed by atoms with Crippen molar-refractivity contribution in [2.45, 2.75) is 26.3 Å². The minimum absolute atomic E-state index is 0. The summed E-state index contributed by atoms with van der Waals surface area (Å²) in [5.41, 5.74) is 0. The van der Waals surface area contributed by atoms with Crippen LogP contribution in [0.1, 0.15) is 20.3 Å². The van der Waals surface area contributed by atoms with Gasteiger partial charge in [-0.2, -0.15) is 4.57 Å². The van der Waals surface area contributed by atoms with E-state index in [1.165, 1.54) is 0 Å². The lowest BCUT2D eigenvalue weighted by Gasteiger charge is -2.20. The third-order valence-corrected chi connectivity index (χ3v) is 2.54.